The molecule has 1 heterocycles. The molecular formula is C19H22N2O2S. The molecule has 0 radical (unpaired) electrons. The number of methoxy groups -OCH3 is 1. The van der Waals surface area contributed by atoms with Gasteiger partial charge >= 0.3 is 6.03 Å². The second-order valence-electron chi connectivity index (χ2n) is 5.76. The molecule has 0 bridgehead atoms. The Morgan fingerprint density at radius 2 is 1.96 bits per heavy atom. The largest absolute Gasteiger partial charge is 0.497 e. The smallest absolute Gasteiger partial charge is 0.322 e. The van der Waals surface area contributed by atoms with Crippen LogP contribution >= 0.6 is 11.8 Å². The molecule has 1 fully saturated rings. The van der Waals surface area contributed by atoms with E-state index >= 15 is 0 Å². The summed E-state index contributed by atoms with van der Waals surface area (Å²) < 4.78 is 5.22. The van der Waals surface area contributed by atoms with Crippen LogP contribution in [0, 0.1) is 0 Å². The average molecular weight is 342 g/mol. The molecule has 0 saturated carbocycles. The van der Waals surface area contributed by atoms with Gasteiger partial charge in [0.2, 0.25) is 0 Å². The quantitative estimate of drug-likeness (QED) is 0.813. The van der Waals surface area contributed by atoms with Crippen LogP contribution in [0.2, 0.25) is 0 Å². The molecule has 24 heavy (non-hydrogen) atoms. The van der Waals surface area contributed by atoms with Crippen LogP contribution in [-0.2, 0) is 0 Å². The number of carbonyl (C=O) groups excluding carboxylic acids is 1. The van der Waals surface area contributed by atoms with E-state index in [4.69, 9.17) is 4.74 Å². The zero-order chi connectivity index (χ0) is 16.9. The Morgan fingerprint density at radius 1 is 1.21 bits per heavy atom. The van der Waals surface area contributed by atoms with Gasteiger partial charge in [0.15, 0.2) is 0 Å². The van der Waals surface area contributed by atoms with Gasteiger partial charge in [0, 0.05) is 11.4 Å². The van der Waals surface area contributed by atoms with E-state index in [0.717, 1.165) is 41.3 Å². The molecule has 1 unspecified atom stereocenters. The highest BCUT2D eigenvalue weighted by Gasteiger charge is 2.30. The van der Waals surface area contributed by atoms with Crippen LogP contribution in [0.4, 0.5) is 10.5 Å². The molecule has 5 heteroatoms. The van der Waals surface area contributed by atoms with E-state index in [1.165, 1.54) is 0 Å². The van der Waals surface area contributed by atoms with Gasteiger partial charge in [0.1, 0.15) is 5.75 Å². The molecule has 2 amide bonds. The number of para-hydroxylation sites is 1. The first-order valence-electron chi connectivity index (χ1n) is 8.07. The lowest BCUT2D eigenvalue weighted by Crippen LogP contribution is -2.34. The number of carbonyl (C=O) groups is 1. The molecule has 1 aliphatic heterocycles. The molecule has 1 N–H and O–H groups in total. The van der Waals surface area contributed by atoms with E-state index in [0.29, 0.717) is 0 Å². The number of ether oxygens (including phenoxy) is 1. The summed E-state index contributed by atoms with van der Waals surface area (Å²) in [5, 5.41) is 3.07. The number of amides is 2. The summed E-state index contributed by atoms with van der Waals surface area (Å²) in [5.41, 5.74) is 2.02. The third-order valence-electron chi connectivity index (χ3n) is 4.36. The molecule has 2 aromatic rings. The van der Waals surface area contributed by atoms with Gasteiger partial charge < -0.3 is 15.0 Å². The van der Waals surface area contributed by atoms with Gasteiger partial charge in [-0.3, -0.25) is 0 Å². The van der Waals surface area contributed by atoms with Crippen LogP contribution < -0.4 is 10.1 Å². The van der Waals surface area contributed by atoms with Crippen LogP contribution in [0.25, 0.3) is 0 Å². The topological polar surface area (TPSA) is 41.6 Å². The minimum atomic E-state index is -0.0326. The summed E-state index contributed by atoms with van der Waals surface area (Å²) in [6.07, 6.45) is 4.03. The fraction of sp³-hybridized carbons (Fsp3) is 0.316. The second-order valence-corrected chi connectivity index (χ2v) is 6.60. The number of rotatable bonds is 4. The van der Waals surface area contributed by atoms with E-state index in [1.807, 2.05) is 59.7 Å². The van der Waals surface area contributed by atoms with Crippen molar-refractivity contribution in [3.05, 3.63) is 54.1 Å². The SMILES string of the molecule is COc1ccc(C2CCCN2C(=O)Nc2ccccc2SC)cc1. The maximum absolute atomic E-state index is 12.8. The van der Waals surface area contributed by atoms with Crippen molar-refractivity contribution in [3.8, 4) is 5.75 Å². The van der Waals surface area contributed by atoms with Crippen molar-refractivity contribution in [1.29, 1.82) is 0 Å². The predicted molar refractivity (Wildman–Crippen MR) is 98.9 cm³/mol. The molecule has 4 nitrogen and oxygen atoms in total. The van der Waals surface area contributed by atoms with Crippen molar-refractivity contribution in [2.75, 3.05) is 25.2 Å². The zero-order valence-corrected chi connectivity index (χ0v) is 14.8. The van der Waals surface area contributed by atoms with Gasteiger partial charge in [-0.2, -0.15) is 0 Å². The maximum atomic E-state index is 12.8. The number of hydrogen-bond acceptors (Lipinski definition) is 3. The minimum absolute atomic E-state index is 0.0326. The summed E-state index contributed by atoms with van der Waals surface area (Å²) in [6, 6.07) is 16.0. The number of hydrogen-bond donors (Lipinski definition) is 1. The van der Waals surface area contributed by atoms with Gasteiger partial charge in [0.05, 0.1) is 18.8 Å². The van der Waals surface area contributed by atoms with E-state index < -0.39 is 0 Å². The Balaban J connectivity index is 1.75. The third-order valence-corrected chi connectivity index (χ3v) is 5.16. The van der Waals surface area contributed by atoms with Crippen molar-refractivity contribution in [1.82, 2.24) is 4.90 Å². The molecule has 1 aliphatic rings. The highest BCUT2D eigenvalue weighted by molar-refractivity contribution is 7.98. The van der Waals surface area contributed by atoms with Gasteiger partial charge in [0.25, 0.3) is 0 Å². The van der Waals surface area contributed by atoms with Crippen LogP contribution in [0.1, 0.15) is 24.4 Å². The van der Waals surface area contributed by atoms with Crippen LogP contribution in [0.5, 0.6) is 5.75 Å². The van der Waals surface area contributed by atoms with E-state index in [2.05, 4.69) is 5.32 Å². The van der Waals surface area contributed by atoms with Gasteiger partial charge in [-0.1, -0.05) is 24.3 Å². The van der Waals surface area contributed by atoms with Gasteiger partial charge in [-0.05, 0) is 48.9 Å². The number of anilines is 1. The molecule has 0 spiro atoms. The van der Waals surface area contributed by atoms with Crippen molar-refractivity contribution >= 4 is 23.5 Å². The normalized spacial score (nSPS) is 16.9. The van der Waals surface area contributed by atoms with Crippen molar-refractivity contribution in [2.24, 2.45) is 0 Å². The standard InChI is InChI=1S/C19H22N2O2S/c1-23-15-11-9-14(10-12-15)17-7-5-13-21(17)19(22)20-16-6-3-4-8-18(16)24-2/h3-4,6,8-12,17H,5,7,13H2,1-2H3,(H,20,22). The Kier molecular flexibility index (Phi) is 5.30. The fourth-order valence-electron chi connectivity index (χ4n) is 3.12. The lowest BCUT2D eigenvalue weighted by atomic mass is 10.0. The molecular weight excluding hydrogens is 320 g/mol. The average Bonchev–Trinajstić information content (AvgIpc) is 3.12. The molecule has 3 rings (SSSR count). The molecule has 1 atom stereocenters. The lowest BCUT2D eigenvalue weighted by molar-refractivity contribution is 0.207. The molecule has 126 valence electrons. The first kappa shape index (κ1) is 16.7. The summed E-state index contributed by atoms with van der Waals surface area (Å²) in [7, 11) is 1.66. The minimum Gasteiger partial charge on any atom is -0.497 e. The van der Waals surface area contributed by atoms with Crippen LogP contribution in [0.3, 0.4) is 0 Å². The number of likely N-dealkylation sites (tertiary alicyclic amines) is 1. The Morgan fingerprint density at radius 3 is 2.67 bits per heavy atom. The lowest BCUT2D eigenvalue weighted by Gasteiger charge is -2.26. The first-order valence-corrected chi connectivity index (χ1v) is 9.30. The highest BCUT2D eigenvalue weighted by atomic mass is 32.2. The monoisotopic (exact) mass is 342 g/mol. The summed E-state index contributed by atoms with van der Waals surface area (Å²) in [6.45, 7) is 0.782. The first-order chi connectivity index (χ1) is 11.7. The molecule has 2 aromatic carbocycles. The Bertz CT molecular complexity index is 703. The summed E-state index contributed by atoms with van der Waals surface area (Å²) >= 11 is 1.63. The van der Waals surface area contributed by atoms with Crippen LogP contribution in [0.15, 0.2) is 53.4 Å². The predicted octanol–water partition coefficient (Wildman–Crippen LogP) is 4.79. The second kappa shape index (κ2) is 7.62. The highest BCUT2D eigenvalue weighted by Crippen LogP contribution is 2.34. The number of nitrogens with one attached hydrogen (secondary N) is 1. The van der Waals surface area contributed by atoms with Crippen molar-refractivity contribution in [2.45, 2.75) is 23.8 Å². The number of nitrogens with zero attached hydrogens (tertiary/aromatic N) is 1. The molecule has 0 aliphatic carbocycles. The number of benzene rings is 2. The van der Waals surface area contributed by atoms with E-state index in [-0.39, 0.29) is 12.1 Å². The zero-order valence-electron chi connectivity index (χ0n) is 14.0. The maximum Gasteiger partial charge on any atom is 0.322 e. The van der Waals surface area contributed by atoms with Crippen molar-refractivity contribution < 1.29 is 9.53 Å². The van der Waals surface area contributed by atoms with Crippen LogP contribution in [-0.4, -0.2) is 30.8 Å². The number of urea groups is 1. The van der Waals surface area contributed by atoms with E-state index in [9.17, 15) is 4.79 Å². The number of thioether (sulfide) groups is 1. The fourth-order valence-corrected chi connectivity index (χ4v) is 3.67. The van der Waals surface area contributed by atoms with Crippen molar-refractivity contribution in [3.63, 3.8) is 0 Å². The van der Waals surface area contributed by atoms with Gasteiger partial charge in [-0.15, -0.1) is 11.8 Å². The Labute approximate surface area is 147 Å². The summed E-state index contributed by atoms with van der Waals surface area (Å²) in [5.74, 6) is 0.835. The van der Waals surface area contributed by atoms with E-state index in [1.54, 1.807) is 18.9 Å². The Hall–Kier alpha value is -2.14. The summed E-state index contributed by atoms with van der Waals surface area (Å²) in [4.78, 5) is 15.8. The third kappa shape index (κ3) is 3.51. The molecule has 0 aromatic heterocycles. The van der Waals surface area contributed by atoms with Gasteiger partial charge in [-0.25, -0.2) is 4.79 Å². The molecule has 1 saturated heterocycles.